The van der Waals surface area contributed by atoms with Crippen molar-refractivity contribution >= 4 is 27.9 Å². The summed E-state index contributed by atoms with van der Waals surface area (Å²) in [7, 11) is 0. The van der Waals surface area contributed by atoms with Crippen molar-refractivity contribution in [2.45, 2.75) is 12.8 Å². The van der Waals surface area contributed by atoms with Crippen LogP contribution in [0.4, 0.5) is 10.2 Å². The monoisotopic (exact) mass is 393 g/mol. The van der Waals surface area contributed by atoms with Crippen LogP contribution < -0.4 is 9.62 Å². The number of hydrogen-bond donors (Lipinski definition) is 1. The Balaban J connectivity index is 1.41. The van der Waals surface area contributed by atoms with Crippen molar-refractivity contribution in [1.82, 2.24) is 19.0 Å². The SMILES string of the molecule is O=S(NCC1CCCN(c2ncnc3ccc(F)cc23)C1)N1CCOCC1. The predicted octanol–water partition coefficient (Wildman–Crippen LogP) is 1.49. The third-order valence-corrected chi connectivity index (χ3v) is 6.34. The summed E-state index contributed by atoms with van der Waals surface area (Å²) in [5.74, 6) is 0.857. The van der Waals surface area contributed by atoms with E-state index in [0.717, 1.165) is 42.7 Å². The van der Waals surface area contributed by atoms with Gasteiger partial charge in [0, 0.05) is 38.1 Å². The van der Waals surface area contributed by atoms with E-state index in [1.807, 2.05) is 4.31 Å². The Labute approximate surface area is 160 Å². The van der Waals surface area contributed by atoms with Crippen molar-refractivity contribution < 1.29 is 13.3 Å². The Hall–Kier alpha value is -1.68. The van der Waals surface area contributed by atoms with Crippen LogP contribution in [0.15, 0.2) is 24.5 Å². The number of morpholine rings is 1. The minimum atomic E-state index is -1.18. The summed E-state index contributed by atoms with van der Waals surface area (Å²) in [4.78, 5) is 10.8. The zero-order valence-electron chi connectivity index (χ0n) is 15.1. The number of hydrogen-bond acceptors (Lipinski definition) is 5. The van der Waals surface area contributed by atoms with Gasteiger partial charge in [0.25, 0.3) is 0 Å². The van der Waals surface area contributed by atoms with Crippen molar-refractivity contribution in [2.75, 3.05) is 50.8 Å². The molecule has 0 spiro atoms. The minimum Gasteiger partial charge on any atom is -0.379 e. The quantitative estimate of drug-likeness (QED) is 0.833. The molecule has 27 heavy (non-hydrogen) atoms. The maximum atomic E-state index is 13.7. The fraction of sp³-hybridized carbons (Fsp3) is 0.556. The summed E-state index contributed by atoms with van der Waals surface area (Å²) in [6, 6.07) is 4.60. The highest BCUT2D eigenvalue weighted by Gasteiger charge is 2.24. The molecule has 2 fully saturated rings. The number of anilines is 1. The van der Waals surface area contributed by atoms with Crippen molar-refractivity contribution in [3.63, 3.8) is 0 Å². The molecule has 3 heterocycles. The molecular weight excluding hydrogens is 369 g/mol. The summed E-state index contributed by atoms with van der Waals surface area (Å²) >= 11 is -1.18. The molecule has 2 saturated heterocycles. The highest BCUT2D eigenvalue weighted by atomic mass is 32.2. The lowest BCUT2D eigenvalue weighted by molar-refractivity contribution is 0.0747. The van der Waals surface area contributed by atoms with Crippen LogP contribution in [0.5, 0.6) is 0 Å². The number of nitrogens with zero attached hydrogens (tertiary/aromatic N) is 4. The molecule has 9 heteroatoms. The number of fused-ring (bicyclic) bond motifs is 1. The molecule has 2 aliphatic rings. The van der Waals surface area contributed by atoms with Crippen LogP contribution in [0.25, 0.3) is 10.9 Å². The molecule has 1 aromatic carbocycles. The van der Waals surface area contributed by atoms with E-state index in [9.17, 15) is 8.60 Å². The number of nitrogens with one attached hydrogen (secondary N) is 1. The van der Waals surface area contributed by atoms with E-state index in [0.29, 0.717) is 38.8 Å². The summed E-state index contributed by atoms with van der Waals surface area (Å²) in [5, 5.41) is 0.739. The average Bonchev–Trinajstić information content (AvgIpc) is 2.72. The molecule has 146 valence electrons. The van der Waals surface area contributed by atoms with Gasteiger partial charge in [0.05, 0.1) is 18.7 Å². The molecule has 0 amide bonds. The highest BCUT2D eigenvalue weighted by molar-refractivity contribution is 7.80. The molecule has 2 aliphatic heterocycles. The molecule has 0 radical (unpaired) electrons. The lowest BCUT2D eigenvalue weighted by Crippen LogP contribution is -2.46. The number of piperidine rings is 1. The van der Waals surface area contributed by atoms with E-state index in [1.165, 1.54) is 18.5 Å². The van der Waals surface area contributed by atoms with Crippen LogP contribution in [-0.2, 0) is 15.9 Å². The fourth-order valence-electron chi connectivity index (χ4n) is 3.68. The molecule has 2 atom stereocenters. The van der Waals surface area contributed by atoms with Gasteiger partial charge in [-0.15, -0.1) is 0 Å². The van der Waals surface area contributed by atoms with Crippen LogP contribution >= 0.6 is 0 Å². The molecule has 2 unspecified atom stereocenters. The molecule has 1 aromatic heterocycles. The van der Waals surface area contributed by atoms with Crippen LogP contribution in [-0.4, -0.2) is 64.4 Å². The third kappa shape index (κ3) is 4.43. The Morgan fingerprint density at radius 2 is 2.11 bits per heavy atom. The van der Waals surface area contributed by atoms with E-state index in [-0.39, 0.29) is 5.82 Å². The van der Waals surface area contributed by atoms with Crippen molar-refractivity contribution in [3.8, 4) is 0 Å². The second kappa shape index (κ2) is 8.55. The number of aromatic nitrogens is 2. The lowest BCUT2D eigenvalue weighted by atomic mass is 9.98. The summed E-state index contributed by atoms with van der Waals surface area (Å²) in [6.45, 7) is 4.99. The minimum absolute atomic E-state index is 0.283. The summed E-state index contributed by atoms with van der Waals surface area (Å²) < 4.78 is 36.5. The third-order valence-electron chi connectivity index (χ3n) is 5.09. The lowest BCUT2D eigenvalue weighted by Gasteiger charge is -2.34. The van der Waals surface area contributed by atoms with Crippen LogP contribution in [0.2, 0.25) is 0 Å². The zero-order chi connectivity index (χ0) is 18.6. The molecule has 1 N–H and O–H groups in total. The van der Waals surface area contributed by atoms with Crippen molar-refractivity contribution in [2.24, 2.45) is 5.92 Å². The fourth-order valence-corrected chi connectivity index (χ4v) is 4.73. The maximum Gasteiger partial charge on any atom is 0.170 e. The molecule has 2 aromatic rings. The number of benzene rings is 1. The summed E-state index contributed by atoms with van der Waals surface area (Å²) in [6.07, 6.45) is 3.63. The first-order valence-electron chi connectivity index (χ1n) is 9.34. The van der Waals surface area contributed by atoms with E-state index < -0.39 is 11.2 Å². The Morgan fingerprint density at radius 1 is 1.26 bits per heavy atom. The first kappa shape index (κ1) is 18.7. The largest absolute Gasteiger partial charge is 0.379 e. The Bertz CT molecular complexity index is 817. The number of ether oxygens (including phenoxy) is 1. The van der Waals surface area contributed by atoms with Gasteiger partial charge in [-0.2, -0.15) is 0 Å². The average molecular weight is 393 g/mol. The normalized spacial score (nSPS) is 22.9. The van der Waals surface area contributed by atoms with Crippen molar-refractivity contribution in [3.05, 3.63) is 30.3 Å². The van der Waals surface area contributed by atoms with Crippen LogP contribution in [0.1, 0.15) is 12.8 Å². The first-order valence-corrected chi connectivity index (χ1v) is 10.4. The van der Waals surface area contributed by atoms with Gasteiger partial charge in [0.15, 0.2) is 11.2 Å². The Morgan fingerprint density at radius 3 is 2.96 bits per heavy atom. The van der Waals surface area contributed by atoms with Gasteiger partial charge in [-0.1, -0.05) is 0 Å². The zero-order valence-corrected chi connectivity index (χ0v) is 16.0. The van der Waals surface area contributed by atoms with Gasteiger partial charge >= 0.3 is 0 Å². The predicted molar refractivity (Wildman–Crippen MR) is 103 cm³/mol. The summed E-state index contributed by atoms with van der Waals surface area (Å²) in [5.41, 5.74) is 0.745. The van der Waals surface area contributed by atoms with Gasteiger partial charge in [-0.3, -0.25) is 0 Å². The highest BCUT2D eigenvalue weighted by Crippen LogP contribution is 2.27. The molecule has 0 aliphatic carbocycles. The molecule has 7 nitrogen and oxygen atoms in total. The second-order valence-electron chi connectivity index (χ2n) is 6.95. The van der Waals surface area contributed by atoms with Gasteiger partial charge in [-0.05, 0) is 37.0 Å². The number of rotatable bonds is 5. The van der Waals surface area contributed by atoms with Crippen LogP contribution in [0, 0.1) is 11.7 Å². The Kier molecular flexibility index (Phi) is 5.92. The topological polar surface area (TPSA) is 70.6 Å². The standard InChI is InChI=1S/C18H24FN5O2S/c19-15-3-4-17-16(10-15)18(21-13-20-17)23-5-1-2-14(12-23)11-22-27(25)24-6-8-26-9-7-24/h3-4,10,13-14,22H,1-2,5-9,11-12H2. The molecular formula is C18H24FN5O2S. The smallest absolute Gasteiger partial charge is 0.170 e. The van der Waals surface area contributed by atoms with Crippen LogP contribution in [0.3, 0.4) is 0 Å². The molecule has 4 rings (SSSR count). The molecule has 0 bridgehead atoms. The van der Waals surface area contributed by atoms with Gasteiger partial charge in [-0.25, -0.2) is 27.6 Å². The maximum absolute atomic E-state index is 13.7. The van der Waals surface area contributed by atoms with Gasteiger partial charge in [0.2, 0.25) is 0 Å². The van der Waals surface area contributed by atoms with E-state index in [2.05, 4.69) is 19.6 Å². The molecule has 0 saturated carbocycles. The van der Waals surface area contributed by atoms with E-state index >= 15 is 0 Å². The van der Waals surface area contributed by atoms with Crippen molar-refractivity contribution in [1.29, 1.82) is 0 Å². The van der Waals surface area contributed by atoms with E-state index in [4.69, 9.17) is 4.74 Å². The van der Waals surface area contributed by atoms with Gasteiger partial charge < -0.3 is 9.64 Å². The second-order valence-corrected chi connectivity index (χ2v) is 8.26. The first-order chi connectivity index (χ1) is 13.2. The van der Waals surface area contributed by atoms with E-state index in [1.54, 1.807) is 6.07 Å². The van der Waals surface area contributed by atoms with Gasteiger partial charge in [0.1, 0.15) is 18.0 Å². The number of halogens is 1.